The van der Waals surface area contributed by atoms with E-state index in [0.29, 0.717) is 31.9 Å². The van der Waals surface area contributed by atoms with E-state index in [1.54, 1.807) is 6.20 Å². The van der Waals surface area contributed by atoms with Crippen LogP contribution in [-0.4, -0.2) is 65.6 Å². The number of halogens is 2. The third-order valence-electron chi connectivity index (χ3n) is 7.27. The quantitative estimate of drug-likeness (QED) is 0.374. The smallest absolute Gasteiger partial charge is 0.257 e. The first kappa shape index (κ1) is 25.4. The van der Waals surface area contributed by atoms with E-state index < -0.39 is 35.3 Å². The van der Waals surface area contributed by atoms with Gasteiger partial charge in [-0.05, 0) is 43.7 Å². The molecule has 10 nitrogen and oxygen atoms in total. The summed E-state index contributed by atoms with van der Waals surface area (Å²) in [6, 6.07) is 6.50. The van der Waals surface area contributed by atoms with Gasteiger partial charge >= 0.3 is 0 Å². The molecule has 204 valence electrons. The van der Waals surface area contributed by atoms with Crippen LogP contribution >= 0.6 is 0 Å². The zero-order valence-corrected chi connectivity index (χ0v) is 21.2. The number of aromatic nitrogens is 1. The minimum Gasteiger partial charge on any atom is -0.492 e. The van der Waals surface area contributed by atoms with E-state index in [4.69, 9.17) is 4.74 Å². The number of allylic oxidation sites excluding steroid dienone is 2. The van der Waals surface area contributed by atoms with E-state index in [2.05, 4.69) is 26.6 Å². The normalized spacial score (nSPS) is 24.3. The fourth-order valence-corrected chi connectivity index (χ4v) is 5.37. The average Bonchev–Trinajstić information content (AvgIpc) is 3.51. The molecule has 0 radical (unpaired) electrons. The van der Waals surface area contributed by atoms with Gasteiger partial charge in [0.25, 0.3) is 5.91 Å². The molecule has 1 unspecified atom stereocenters. The molecule has 0 spiro atoms. The van der Waals surface area contributed by atoms with E-state index in [1.165, 1.54) is 11.6 Å². The first-order valence-corrected chi connectivity index (χ1v) is 12.9. The molecule has 4 aliphatic heterocycles. The molecule has 2 saturated heterocycles. The van der Waals surface area contributed by atoms with Gasteiger partial charge in [-0.3, -0.25) is 15.2 Å². The Kier molecular flexibility index (Phi) is 6.77. The molecule has 0 saturated carbocycles. The molecule has 5 heterocycles. The van der Waals surface area contributed by atoms with Crippen molar-refractivity contribution in [3.63, 3.8) is 0 Å². The molecule has 3 atom stereocenters. The predicted molar refractivity (Wildman–Crippen MR) is 139 cm³/mol. The van der Waals surface area contributed by atoms with Gasteiger partial charge in [0.2, 0.25) is 0 Å². The Morgan fingerprint density at radius 2 is 2.08 bits per heavy atom. The third-order valence-corrected chi connectivity index (χ3v) is 7.27. The van der Waals surface area contributed by atoms with Gasteiger partial charge in [0.05, 0.1) is 30.6 Å². The molecular weight excluding hydrogens is 508 g/mol. The van der Waals surface area contributed by atoms with Gasteiger partial charge in [-0.15, -0.1) is 0 Å². The van der Waals surface area contributed by atoms with Crippen LogP contribution in [0.1, 0.15) is 29.3 Å². The number of amides is 1. The zero-order chi connectivity index (χ0) is 27.1. The lowest BCUT2D eigenvalue weighted by atomic mass is 9.97. The molecule has 1 amide bonds. The van der Waals surface area contributed by atoms with Crippen LogP contribution in [0.4, 0.5) is 14.6 Å². The number of carbonyl (C=O) groups is 1. The molecule has 0 aliphatic carbocycles. The standard InChI is InChI=1S/C27H29F2N7O3/c1-2-39-16-10-17(25-18-12-31-33-26(18)34-36(25)13-16)15-6-7-23(30-11-15)35-9-8-21(22(37)14-35)32-27(38)24-19(28)4-3-5-20(24)29/h3-7,10-11,13,21-22,26,31,33-34,37H,2,8-9,12,14H2,1H3,(H,32,38)/t21-,22-,26?/m0/s1. The van der Waals surface area contributed by atoms with E-state index in [-0.39, 0.29) is 12.7 Å². The van der Waals surface area contributed by atoms with Gasteiger partial charge in [0.1, 0.15) is 34.9 Å². The number of aliphatic hydroxyl groups excluding tert-OH is 1. The molecule has 4 aliphatic rings. The number of aliphatic hydroxyl groups is 1. The van der Waals surface area contributed by atoms with Gasteiger partial charge in [-0.1, -0.05) is 6.07 Å². The van der Waals surface area contributed by atoms with E-state index in [0.717, 1.165) is 34.7 Å². The first-order valence-electron chi connectivity index (χ1n) is 12.9. The number of hydrogen-bond donors (Lipinski definition) is 5. The molecule has 1 aromatic heterocycles. The van der Waals surface area contributed by atoms with Gasteiger partial charge in [-0.25, -0.2) is 24.6 Å². The highest BCUT2D eigenvalue weighted by molar-refractivity contribution is 5.95. The molecule has 1 aromatic carbocycles. The first-order chi connectivity index (χ1) is 18.9. The summed E-state index contributed by atoms with van der Waals surface area (Å²) in [5.74, 6) is -1.34. The maximum absolute atomic E-state index is 14.0. The Balaban J connectivity index is 1.16. The summed E-state index contributed by atoms with van der Waals surface area (Å²) in [4.78, 5) is 19.1. The number of ether oxygens (including phenoxy) is 1. The molecule has 5 N–H and O–H groups in total. The maximum Gasteiger partial charge on any atom is 0.257 e. The van der Waals surface area contributed by atoms with Crippen LogP contribution < -0.4 is 26.5 Å². The molecule has 2 aromatic rings. The average molecular weight is 538 g/mol. The summed E-state index contributed by atoms with van der Waals surface area (Å²) in [7, 11) is 0. The van der Waals surface area contributed by atoms with Crippen molar-refractivity contribution in [3.05, 3.63) is 88.6 Å². The fraction of sp³-hybridized carbons (Fsp3) is 0.333. The number of hydrogen-bond acceptors (Lipinski definition) is 9. The summed E-state index contributed by atoms with van der Waals surface area (Å²) >= 11 is 0. The number of fused-ring (bicyclic) bond motifs is 2. The second-order valence-corrected chi connectivity index (χ2v) is 9.71. The Hall–Kier alpha value is -3.84. The van der Waals surface area contributed by atoms with Crippen molar-refractivity contribution < 1.29 is 23.4 Å². The van der Waals surface area contributed by atoms with Crippen LogP contribution in [0.2, 0.25) is 0 Å². The monoisotopic (exact) mass is 537 g/mol. The minimum absolute atomic E-state index is 0.00832. The van der Waals surface area contributed by atoms with Crippen LogP contribution in [-0.2, 0) is 4.74 Å². The van der Waals surface area contributed by atoms with E-state index in [9.17, 15) is 18.7 Å². The minimum atomic E-state index is -0.941. The molecule has 2 fully saturated rings. The number of β-amino-alcohol motifs (C(OH)–C–C–N with tert-alkyl or cyclic N) is 1. The Bertz CT molecular complexity index is 1360. The highest BCUT2D eigenvalue weighted by Gasteiger charge is 2.37. The second kappa shape index (κ2) is 10.4. The lowest BCUT2D eigenvalue weighted by Crippen LogP contribution is -2.54. The lowest BCUT2D eigenvalue weighted by molar-refractivity contribution is 0.0790. The van der Waals surface area contributed by atoms with Gasteiger partial charge in [0.15, 0.2) is 0 Å². The number of carbonyl (C=O) groups excluding carboxylic acids is 1. The number of nitrogens with zero attached hydrogens (tertiary/aromatic N) is 3. The Labute approximate surface area is 224 Å². The summed E-state index contributed by atoms with van der Waals surface area (Å²) in [5.41, 5.74) is 13.3. The van der Waals surface area contributed by atoms with Gasteiger partial charge in [0, 0.05) is 42.5 Å². The number of rotatable bonds is 6. The molecule has 0 bridgehead atoms. The van der Waals surface area contributed by atoms with Crippen molar-refractivity contribution in [1.82, 2.24) is 31.6 Å². The molecular formula is C27H29F2N7O3. The topological polar surface area (TPSA) is 114 Å². The number of benzene rings is 1. The fourth-order valence-electron chi connectivity index (χ4n) is 5.37. The number of piperidine rings is 1. The number of nitrogens with one attached hydrogen (secondary N) is 4. The van der Waals surface area contributed by atoms with Crippen molar-refractivity contribution in [3.8, 4) is 0 Å². The maximum atomic E-state index is 14.0. The van der Waals surface area contributed by atoms with Crippen molar-refractivity contribution in [2.75, 3.05) is 31.1 Å². The lowest BCUT2D eigenvalue weighted by Gasteiger charge is -2.37. The van der Waals surface area contributed by atoms with Crippen LogP contribution in [0.5, 0.6) is 0 Å². The molecule has 39 heavy (non-hydrogen) atoms. The zero-order valence-electron chi connectivity index (χ0n) is 21.2. The van der Waals surface area contributed by atoms with E-state index >= 15 is 0 Å². The van der Waals surface area contributed by atoms with Crippen LogP contribution in [0.15, 0.2) is 65.8 Å². The second-order valence-electron chi connectivity index (χ2n) is 9.71. The summed E-state index contributed by atoms with van der Waals surface area (Å²) in [6.07, 6.45) is 5.18. The summed E-state index contributed by atoms with van der Waals surface area (Å²) in [6.45, 7) is 3.90. The van der Waals surface area contributed by atoms with Crippen molar-refractivity contribution >= 4 is 17.3 Å². The third kappa shape index (κ3) is 4.76. The van der Waals surface area contributed by atoms with Crippen molar-refractivity contribution in [1.29, 1.82) is 0 Å². The largest absolute Gasteiger partial charge is 0.492 e. The molecule has 12 heteroatoms. The van der Waals surface area contributed by atoms with Crippen LogP contribution in [0, 0.1) is 11.6 Å². The highest BCUT2D eigenvalue weighted by Crippen LogP contribution is 2.38. The Morgan fingerprint density at radius 3 is 2.79 bits per heavy atom. The van der Waals surface area contributed by atoms with Gasteiger partial charge < -0.3 is 20.1 Å². The van der Waals surface area contributed by atoms with Crippen LogP contribution in [0.25, 0.3) is 5.57 Å². The summed E-state index contributed by atoms with van der Waals surface area (Å²) < 4.78 is 33.8. The SMILES string of the molecule is CCOC1=CN2NC3NNCC3=C2C(c2ccc(N3CC[C@H](NC(=O)c4c(F)cccc4F)[C@@H](O)C3)nc2)=C1. The summed E-state index contributed by atoms with van der Waals surface area (Å²) in [5, 5.41) is 15.3. The molecule has 6 rings (SSSR count). The van der Waals surface area contributed by atoms with E-state index in [1.807, 2.05) is 41.2 Å². The van der Waals surface area contributed by atoms with Crippen molar-refractivity contribution in [2.45, 2.75) is 31.7 Å². The number of anilines is 1. The number of hydrazine groups is 2. The number of pyridine rings is 1. The highest BCUT2D eigenvalue weighted by atomic mass is 19.1. The van der Waals surface area contributed by atoms with Crippen LogP contribution in [0.3, 0.4) is 0 Å². The predicted octanol–water partition coefficient (Wildman–Crippen LogP) is 1.51. The Morgan fingerprint density at radius 1 is 1.26 bits per heavy atom. The van der Waals surface area contributed by atoms with Crippen molar-refractivity contribution in [2.24, 2.45) is 0 Å². The van der Waals surface area contributed by atoms with Gasteiger partial charge in [-0.2, -0.15) is 0 Å².